The maximum atomic E-state index is 13.6. The van der Waals surface area contributed by atoms with E-state index >= 15 is 0 Å². The van der Waals surface area contributed by atoms with Crippen LogP contribution in [0, 0.1) is 12.7 Å². The number of nitrogens with one attached hydrogen (secondary N) is 1. The Morgan fingerprint density at radius 1 is 0.853 bits per heavy atom. The fraction of sp³-hybridized carbons (Fsp3) is 0.310. The highest BCUT2D eigenvalue weighted by Gasteiger charge is 2.32. The van der Waals surface area contributed by atoms with Gasteiger partial charge in [-0.05, 0) is 56.5 Å². The van der Waals surface area contributed by atoms with Crippen LogP contribution in [-0.4, -0.2) is 28.3 Å². The predicted molar refractivity (Wildman–Crippen MR) is 134 cm³/mol. The monoisotopic (exact) mass is 460 g/mol. The second kappa shape index (κ2) is 11.1. The maximum Gasteiger partial charge on any atom is 0.243 e. The molecule has 3 aromatic carbocycles. The molecule has 0 heterocycles. The van der Waals surface area contributed by atoms with Gasteiger partial charge in [-0.3, -0.25) is 9.59 Å². The summed E-state index contributed by atoms with van der Waals surface area (Å²) in [5.74, 6) is -0.729. The van der Waals surface area contributed by atoms with Crippen molar-refractivity contribution in [3.63, 3.8) is 0 Å². The van der Waals surface area contributed by atoms with Gasteiger partial charge >= 0.3 is 0 Å². The maximum absolute atomic E-state index is 13.6. The van der Waals surface area contributed by atoms with Crippen LogP contribution in [0.5, 0.6) is 0 Å². The highest BCUT2D eigenvalue weighted by molar-refractivity contribution is 5.89. The lowest BCUT2D eigenvalue weighted by Crippen LogP contribution is -2.54. The van der Waals surface area contributed by atoms with Gasteiger partial charge in [0.15, 0.2) is 0 Å². The molecule has 0 aliphatic carbocycles. The quantitative estimate of drug-likeness (QED) is 0.500. The molecule has 4 nitrogen and oxygen atoms in total. The lowest BCUT2D eigenvalue weighted by Gasteiger charge is -2.34. The molecule has 3 aromatic rings. The van der Waals surface area contributed by atoms with Gasteiger partial charge < -0.3 is 10.2 Å². The summed E-state index contributed by atoms with van der Waals surface area (Å²) >= 11 is 0. The van der Waals surface area contributed by atoms with E-state index in [2.05, 4.69) is 5.32 Å². The van der Waals surface area contributed by atoms with Crippen LogP contribution >= 0.6 is 0 Å². The highest BCUT2D eigenvalue weighted by Crippen LogP contribution is 2.18. The molecule has 178 valence electrons. The molecular weight excluding hydrogens is 427 g/mol. The minimum atomic E-state index is -0.698. The average Bonchev–Trinajstić information content (AvgIpc) is 2.78. The Morgan fingerprint density at radius 2 is 1.44 bits per heavy atom. The number of hydrogen-bond acceptors (Lipinski definition) is 2. The van der Waals surface area contributed by atoms with E-state index in [1.54, 1.807) is 17.0 Å². The van der Waals surface area contributed by atoms with Crippen LogP contribution in [0.25, 0.3) is 0 Å². The molecule has 34 heavy (non-hydrogen) atoms. The zero-order chi connectivity index (χ0) is 24.7. The molecule has 0 aromatic heterocycles. The zero-order valence-corrected chi connectivity index (χ0v) is 20.3. The van der Waals surface area contributed by atoms with Crippen molar-refractivity contribution < 1.29 is 14.0 Å². The van der Waals surface area contributed by atoms with E-state index in [0.717, 1.165) is 16.7 Å². The summed E-state index contributed by atoms with van der Waals surface area (Å²) in [4.78, 5) is 28.8. The standard InChI is InChI=1S/C29H33FN2O2/c1-21-10-12-24(13-11-21)20-32(27(33)19-23-14-16-25(30)17-15-23)26(28(34)31-29(2,3)4)18-22-8-6-5-7-9-22/h5-17,26H,18-20H2,1-4H3,(H,31,34)/t26-/m1/s1. The number of rotatable bonds is 8. The normalized spacial score (nSPS) is 12.1. The molecule has 0 bridgehead atoms. The molecule has 0 spiro atoms. The molecule has 0 fully saturated rings. The molecule has 2 amide bonds. The molecule has 3 rings (SSSR count). The van der Waals surface area contributed by atoms with Gasteiger partial charge in [0.25, 0.3) is 0 Å². The van der Waals surface area contributed by atoms with E-state index in [1.165, 1.54) is 12.1 Å². The van der Waals surface area contributed by atoms with E-state index < -0.39 is 11.6 Å². The summed E-state index contributed by atoms with van der Waals surface area (Å²) in [6, 6.07) is 22.9. The van der Waals surface area contributed by atoms with Gasteiger partial charge in [-0.15, -0.1) is 0 Å². The van der Waals surface area contributed by atoms with Gasteiger partial charge in [0.1, 0.15) is 11.9 Å². The van der Waals surface area contributed by atoms with Crippen molar-refractivity contribution in [2.45, 2.75) is 58.7 Å². The van der Waals surface area contributed by atoms with Gasteiger partial charge in [0.05, 0.1) is 6.42 Å². The summed E-state index contributed by atoms with van der Waals surface area (Å²) in [5.41, 5.74) is 3.30. The number of benzene rings is 3. The zero-order valence-electron chi connectivity index (χ0n) is 20.3. The van der Waals surface area contributed by atoms with Crippen molar-refractivity contribution in [2.24, 2.45) is 0 Å². The molecule has 0 aliphatic rings. The predicted octanol–water partition coefficient (Wildman–Crippen LogP) is 5.23. The Hall–Kier alpha value is -3.47. The first-order valence-electron chi connectivity index (χ1n) is 11.6. The Kier molecular flexibility index (Phi) is 8.21. The minimum Gasteiger partial charge on any atom is -0.350 e. The lowest BCUT2D eigenvalue weighted by molar-refractivity contribution is -0.141. The number of hydrogen-bond donors (Lipinski definition) is 1. The molecular formula is C29H33FN2O2. The molecule has 5 heteroatoms. The van der Waals surface area contributed by atoms with Crippen molar-refractivity contribution in [1.29, 1.82) is 0 Å². The Balaban J connectivity index is 1.97. The summed E-state index contributed by atoms with van der Waals surface area (Å²) in [7, 11) is 0. The van der Waals surface area contributed by atoms with Gasteiger partial charge in [-0.1, -0.05) is 72.3 Å². The first kappa shape index (κ1) is 25.2. The first-order chi connectivity index (χ1) is 16.1. The second-order valence-corrected chi connectivity index (χ2v) is 9.76. The summed E-state index contributed by atoms with van der Waals surface area (Å²) in [6.45, 7) is 8.09. The largest absolute Gasteiger partial charge is 0.350 e. The number of nitrogens with zero attached hydrogens (tertiary/aromatic N) is 1. The number of carbonyl (C=O) groups is 2. The molecule has 0 saturated carbocycles. The number of amides is 2. The summed E-state index contributed by atoms with van der Waals surface area (Å²) in [6.07, 6.45) is 0.476. The van der Waals surface area contributed by atoms with Crippen LogP contribution in [0.2, 0.25) is 0 Å². The molecule has 0 unspecified atom stereocenters. The lowest BCUT2D eigenvalue weighted by atomic mass is 9.99. The minimum absolute atomic E-state index is 0.0836. The van der Waals surface area contributed by atoms with E-state index in [1.807, 2.05) is 82.3 Å². The summed E-state index contributed by atoms with van der Waals surface area (Å²) < 4.78 is 13.4. The van der Waals surface area contributed by atoms with Crippen LogP contribution in [-0.2, 0) is 29.0 Å². The third-order valence-electron chi connectivity index (χ3n) is 5.51. The van der Waals surface area contributed by atoms with Crippen molar-refractivity contribution in [2.75, 3.05) is 0 Å². The van der Waals surface area contributed by atoms with E-state index in [0.29, 0.717) is 18.5 Å². The van der Waals surface area contributed by atoms with Crippen LogP contribution < -0.4 is 5.32 Å². The van der Waals surface area contributed by atoms with Crippen molar-refractivity contribution in [3.05, 3.63) is 107 Å². The second-order valence-electron chi connectivity index (χ2n) is 9.76. The van der Waals surface area contributed by atoms with E-state index in [9.17, 15) is 14.0 Å². The number of aryl methyl sites for hydroxylation is 1. The van der Waals surface area contributed by atoms with Crippen LogP contribution in [0.1, 0.15) is 43.0 Å². The fourth-order valence-electron chi connectivity index (χ4n) is 3.78. The van der Waals surface area contributed by atoms with E-state index in [4.69, 9.17) is 0 Å². The van der Waals surface area contributed by atoms with Crippen LogP contribution in [0.3, 0.4) is 0 Å². The fourth-order valence-corrected chi connectivity index (χ4v) is 3.78. The van der Waals surface area contributed by atoms with Crippen molar-refractivity contribution in [1.82, 2.24) is 10.2 Å². The van der Waals surface area contributed by atoms with Crippen molar-refractivity contribution >= 4 is 11.8 Å². The third kappa shape index (κ3) is 7.55. The molecule has 0 radical (unpaired) electrons. The Labute approximate surface area is 201 Å². The van der Waals surface area contributed by atoms with Gasteiger partial charge in [-0.2, -0.15) is 0 Å². The number of carbonyl (C=O) groups excluding carboxylic acids is 2. The molecule has 0 aliphatic heterocycles. The van der Waals surface area contributed by atoms with Crippen molar-refractivity contribution in [3.8, 4) is 0 Å². The van der Waals surface area contributed by atoms with Gasteiger partial charge in [-0.25, -0.2) is 4.39 Å². The Bertz CT molecular complexity index is 1090. The molecule has 1 N–H and O–H groups in total. The average molecular weight is 461 g/mol. The highest BCUT2D eigenvalue weighted by atomic mass is 19.1. The molecule has 0 saturated heterocycles. The Morgan fingerprint density at radius 3 is 2.03 bits per heavy atom. The topological polar surface area (TPSA) is 49.4 Å². The van der Waals surface area contributed by atoms with Gasteiger partial charge in [0, 0.05) is 18.5 Å². The number of halogens is 1. The van der Waals surface area contributed by atoms with E-state index in [-0.39, 0.29) is 24.1 Å². The SMILES string of the molecule is Cc1ccc(CN(C(=O)Cc2ccc(F)cc2)[C@H](Cc2ccccc2)C(=O)NC(C)(C)C)cc1. The van der Waals surface area contributed by atoms with Crippen LogP contribution in [0.4, 0.5) is 4.39 Å². The molecule has 1 atom stereocenters. The third-order valence-corrected chi connectivity index (χ3v) is 5.51. The summed E-state index contributed by atoms with van der Waals surface area (Å²) in [5, 5.41) is 3.06. The van der Waals surface area contributed by atoms with Crippen LogP contribution in [0.15, 0.2) is 78.9 Å². The first-order valence-corrected chi connectivity index (χ1v) is 11.6. The van der Waals surface area contributed by atoms with Gasteiger partial charge in [0.2, 0.25) is 11.8 Å². The smallest absolute Gasteiger partial charge is 0.243 e.